The van der Waals surface area contributed by atoms with Gasteiger partial charge in [0, 0.05) is 23.7 Å². The molecule has 0 aliphatic carbocycles. The van der Waals surface area contributed by atoms with Gasteiger partial charge in [-0.05, 0) is 37.5 Å². The molecule has 2 amide bonds. The topological polar surface area (TPSA) is 49.4 Å². The van der Waals surface area contributed by atoms with Crippen molar-refractivity contribution in [2.75, 3.05) is 18.4 Å². The number of rotatable bonds is 3. The van der Waals surface area contributed by atoms with Gasteiger partial charge in [-0.1, -0.05) is 17.7 Å². The molecule has 1 aromatic carbocycles. The number of benzene rings is 1. The molecule has 0 radical (unpaired) electrons. The summed E-state index contributed by atoms with van der Waals surface area (Å²) in [4.78, 5) is 25.1. The second-order valence-electron chi connectivity index (χ2n) is 4.78. The number of nitrogens with one attached hydrogen (secondary N) is 1. The van der Waals surface area contributed by atoms with Gasteiger partial charge >= 0.3 is 0 Å². The lowest BCUT2D eigenvalue weighted by atomic mass is 10.1. The van der Waals surface area contributed by atoms with Gasteiger partial charge in [-0.2, -0.15) is 0 Å². The quantitative estimate of drug-likeness (QED) is 0.925. The number of amides is 2. The lowest BCUT2D eigenvalue weighted by Crippen LogP contribution is -2.40. The molecule has 0 unspecified atom stereocenters. The number of piperidine rings is 1. The van der Waals surface area contributed by atoms with Gasteiger partial charge in [-0.3, -0.25) is 9.59 Å². The summed E-state index contributed by atoms with van der Waals surface area (Å²) in [5.74, 6) is -0.126. The van der Waals surface area contributed by atoms with E-state index in [1.807, 2.05) is 13.0 Å². The maximum Gasteiger partial charge on any atom is 0.243 e. The first-order chi connectivity index (χ1) is 9.06. The largest absolute Gasteiger partial charge is 0.333 e. The molecule has 19 heavy (non-hydrogen) atoms. The molecule has 102 valence electrons. The molecule has 4 nitrogen and oxygen atoms in total. The monoisotopic (exact) mass is 280 g/mol. The van der Waals surface area contributed by atoms with Gasteiger partial charge in [0.05, 0.1) is 6.54 Å². The predicted octanol–water partition coefficient (Wildman–Crippen LogP) is 2.60. The highest BCUT2D eigenvalue weighted by Gasteiger charge is 2.20. The minimum absolute atomic E-state index is 0.0586. The van der Waals surface area contributed by atoms with Crippen LogP contribution in [0.3, 0.4) is 0 Å². The Morgan fingerprint density at radius 3 is 2.89 bits per heavy atom. The van der Waals surface area contributed by atoms with E-state index >= 15 is 0 Å². The van der Waals surface area contributed by atoms with E-state index in [1.54, 1.807) is 17.0 Å². The van der Waals surface area contributed by atoms with Crippen LogP contribution < -0.4 is 5.32 Å². The Morgan fingerprint density at radius 2 is 2.21 bits per heavy atom. The number of likely N-dealkylation sites (tertiary alicyclic amines) is 1. The SMILES string of the molecule is Cc1ccc(NC(=O)CN2CCCCC2=O)cc1Cl. The zero-order valence-electron chi connectivity index (χ0n) is 10.9. The number of hydrogen-bond donors (Lipinski definition) is 1. The molecule has 0 bridgehead atoms. The average Bonchev–Trinajstić information content (AvgIpc) is 2.37. The third kappa shape index (κ3) is 3.70. The van der Waals surface area contributed by atoms with Crippen molar-refractivity contribution in [3.8, 4) is 0 Å². The number of carbonyl (C=O) groups excluding carboxylic acids is 2. The van der Waals surface area contributed by atoms with E-state index in [0.29, 0.717) is 23.7 Å². The maximum atomic E-state index is 11.9. The van der Waals surface area contributed by atoms with Gasteiger partial charge in [0.25, 0.3) is 0 Å². The number of nitrogens with zero attached hydrogens (tertiary/aromatic N) is 1. The third-order valence-corrected chi connectivity index (χ3v) is 3.62. The summed E-state index contributed by atoms with van der Waals surface area (Å²) >= 11 is 6.00. The summed E-state index contributed by atoms with van der Waals surface area (Å²) in [6.45, 7) is 2.69. The van der Waals surface area contributed by atoms with Crippen molar-refractivity contribution in [1.82, 2.24) is 4.90 Å². The van der Waals surface area contributed by atoms with Crippen molar-refractivity contribution in [3.63, 3.8) is 0 Å². The van der Waals surface area contributed by atoms with Crippen molar-refractivity contribution in [1.29, 1.82) is 0 Å². The second-order valence-corrected chi connectivity index (χ2v) is 5.19. The number of aryl methyl sites for hydroxylation is 1. The molecule has 0 aromatic heterocycles. The van der Waals surface area contributed by atoms with Crippen LogP contribution in [-0.2, 0) is 9.59 Å². The summed E-state index contributed by atoms with van der Waals surface area (Å²) in [6, 6.07) is 5.37. The fourth-order valence-corrected chi connectivity index (χ4v) is 2.25. The molecule has 1 N–H and O–H groups in total. The van der Waals surface area contributed by atoms with E-state index in [4.69, 9.17) is 11.6 Å². The fourth-order valence-electron chi connectivity index (χ4n) is 2.07. The van der Waals surface area contributed by atoms with E-state index in [9.17, 15) is 9.59 Å². The van der Waals surface area contributed by atoms with Gasteiger partial charge in [-0.25, -0.2) is 0 Å². The van der Waals surface area contributed by atoms with E-state index < -0.39 is 0 Å². The normalized spacial score (nSPS) is 15.5. The van der Waals surface area contributed by atoms with Crippen LogP contribution in [0, 0.1) is 6.92 Å². The van der Waals surface area contributed by atoms with Crippen molar-refractivity contribution >= 4 is 29.1 Å². The Kier molecular flexibility index (Phi) is 4.43. The molecule has 5 heteroatoms. The Bertz CT molecular complexity index is 502. The molecular formula is C14H17ClN2O2. The summed E-state index contributed by atoms with van der Waals surface area (Å²) in [5, 5.41) is 3.38. The summed E-state index contributed by atoms with van der Waals surface area (Å²) in [7, 11) is 0. The first kappa shape index (κ1) is 13.9. The summed E-state index contributed by atoms with van der Waals surface area (Å²) in [6.07, 6.45) is 2.43. The highest BCUT2D eigenvalue weighted by Crippen LogP contribution is 2.20. The van der Waals surface area contributed by atoms with Gasteiger partial charge in [-0.15, -0.1) is 0 Å². The Morgan fingerprint density at radius 1 is 1.42 bits per heavy atom. The summed E-state index contributed by atoms with van der Waals surface area (Å²) < 4.78 is 0. The predicted molar refractivity (Wildman–Crippen MR) is 75.2 cm³/mol. The van der Waals surface area contributed by atoms with Crippen LogP contribution >= 0.6 is 11.6 Å². The van der Waals surface area contributed by atoms with Crippen molar-refractivity contribution in [2.24, 2.45) is 0 Å². The van der Waals surface area contributed by atoms with E-state index in [1.165, 1.54) is 0 Å². The first-order valence-electron chi connectivity index (χ1n) is 6.40. The molecule has 0 saturated carbocycles. The zero-order chi connectivity index (χ0) is 13.8. The van der Waals surface area contributed by atoms with E-state index in [2.05, 4.69) is 5.32 Å². The molecule has 1 heterocycles. The van der Waals surface area contributed by atoms with Crippen LogP contribution in [-0.4, -0.2) is 29.8 Å². The minimum atomic E-state index is -0.185. The van der Waals surface area contributed by atoms with Gasteiger partial charge in [0.1, 0.15) is 0 Å². The molecule has 2 rings (SSSR count). The lowest BCUT2D eigenvalue weighted by molar-refractivity contribution is -0.136. The maximum absolute atomic E-state index is 11.9. The molecule has 1 aliphatic heterocycles. The standard InChI is InChI=1S/C14H17ClN2O2/c1-10-5-6-11(8-12(10)15)16-13(18)9-17-7-3-2-4-14(17)19/h5-6,8H,2-4,7,9H2,1H3,(H,16,18). The van der Waals surface area contributed by atoms with Gasteiger partial charge < -0.3 is 10.2 Å². The number of anilines is 1. The highest BCUT2D eigenvalue weighted by atomic mass is 35.5. The van der Waals surface area contributed by atoms with Gasteiger partial charge in [0.15, 0.2) is 0 Å². The molecular weight excluding hydrogens is 264 g/mol. The number of carbonyl (C=O) groups is 2. The Labute approximate surface area is 117 Å². The van der Waals surface area contributed by atoms with Crippen LogP contribution in [0.4, 0.5) is 5.69 Å². The molecule has 0 spiro atoms. The van der Waals surface area contributed by atoms with E-state index in [0.717, 1.165) is 18.4 Å². The molecule has 1 aromatic rings. The molecule has 1 saturated heterocycles. The fraction of sp³-hybridized carbons (Fsp3) is 0.429. The number of halogens is 1. The van der Waals surface area contributed by atoms with Crippen LogP contribution in [0.2, 0.25) is 5.02 Å². The second kappa shape index (κ2) is 6.06. The van der Waals surface area contributed by atoms with Gasteiger partial charge in [0.2, 0.25) is 11.8 Å². The molecule has 1 aliphatic rings. The van der Waals surface area contributed by atoms with Crippen molar-refractivity contribution < 1.29 is 9.59 Å². The smallest absolute Gasteiger partial charge is 0.243 e. The van der Waals surface area contributed by atoms with E-state index in [-0.39, 0.29) is 18.4 Å². The van der Waals surface area contributed by atoms with Crippen LogP contribution in [0.25, 0.3) is 0 Å². The van der Waals surface area contributed by atoms with Crippen molar-refractivity contribution in [3.05, 3.63) is 28.8 Å². The van der Waals surface area contributed by atoms with Crippen LogP contribution in [0.5, 0.6) is 0 Å². The minimum Gasteiger partial charge on any atom is -0.333 e. The first-order valence-corrected chi connectivity index (χ1v) is 6.78. The number of hydrogen-bond acceptors (Lipinski definition) is 2. The Hall–Kier alpha value is -1.55. The molecule has 0 atom stereocenters. The lowest BCUT2D eigenvalue weighted by Gasteiger charge is -2.25. The third-order valence-electron chi connectivity index (χ3n) is 3.21. The van der Waals surface area contributed by atoms with Crippen molar-refractivity contribution in [2.45, 2.75) is 26.2 Å². The Balaban J connectivity index is 1.93. The highest BCUT2D eigenvalue weighted by molar-refractivity contribution is 6.31. The average molecular weight is 281 g/mol. The molecule has 1 fully saturated rings. The van der Waals surface area contributed by atoms with Crippen LogP contribution in [0.1, 0.15) is 24.8 Å². The zero-order valence-corrected chi connectivity index (χ0v) is 11.7. The summed E-state index contributed by atoms with van der Waals surface area (Å²) in [5.41, 5.74) is 1.62. The van der Waals surface area contributed by atoms with Crippen LogP contribution in [0.15, 0.2) is 18.2 Å².